The second kappa shape index (κ2) is 26.2. The molecule has 1 aromatic heterocycles. The Balaban J connectivity index is 1.96. The molecule has 288 valence electrons. The summed E-state index contributed by atoms with van der Waals surface area (Å²) in [6.45, 7) is 9.65. The maximum Gasteiger partial charge on any atom is 0.502 e. The highest BCUT2D eigenvalue weighted by Gasteiger charge is 2.40. The van der Waals surface area contributed by atoms with Crippen molar-refractivity contribution in [3.05, 3.63) is 43.0 Å². The van der Waals surface area contributed by atoms with E-state index in [0.29, 0.717) is 12.0 Å². The van der Waals surface area contributed by atoms with Crippen LogP contribution in [0.1, 0.15) is 155 Å². The molecule has 0 saturated carbocycles. The van der Waals surface area contributed by atoms with E-state index < -0.39 is 37.4 Å². The van der Waals surface area contributed by atoms with Gasteiger partial charge in [-0.15, -0.1) is 4.67 Å². The molecule has 15 heteroatoms. The summed E-state index contributed by atoms with van der Waals surface area (Å²) in [6, 6.07) is -0.733. The Kier molecular flexibility index (Phi) is 23.3. The van der Waals surface area contributed by atoms with Crippen molar-refractivity contribution in [1.82, 2.24) is 9.55 Å². The lowest BCUT2D eigenvalue weighted by Crippen LogP contribution is -2.33. The SMILES string of the molecule is CCCCCCCCCCCCSC(CCCCCCC)C(C)OOP(=O)(OCCC)OC[C@H]1O[C@@H](n2cc(C)c(=O)[nH]c2=O)C[C@@H]1N=[N+]=[N-]. The summed E-state index contributed by atoms with van der Waals surface area (Å²) in [5.41, 5.74) is 8.34. The van der Waals surface area contributed by atoms with Crippen molar-refractivity contribution in [2.45, 2.75) is 180 Å². The van der Waals surface area contributed by atoms with Crippen molar-refractivity contribution < 1.29 is 27.9 Å². The summed E-state index contributed by atoms with van der Waals surface area (Å²) in [5.74, 6) is 1.03. The molecule has 1 aliphatic rings. The number of ether oxygens (including phenoxy) is 1. The fraction of sp³-hybridized carbons (Fsp3) is 0.886. The molecule has 1 fully saturated rings. The molecule has 2 rings (SSSR count). The van der Waals surface area contributed by atoms with Gasteiger partial charge in [0.15, 0.2) is 0 Å². The van der Waals surface area contributed by atoms with E-state index in [1.54, 1.807) is 6.92 Å². The summed E-state index contributed by atoms with van der Waals surface area (Å²) in [5, 5.41) is 3.97. The summed E-state index contributed by atoms with van der Waals surface area (Å²) < 4.78 is 37.7. The smallest absolute Gasteiger partial charge is 0.352 e. The van der Waals surface area contributed by atoms with E-state index in [1.807, 2.05) is 25.6 Å². The zero-order valence-corrected chi connectivity index (χ0v) is 32.9. The Morgan fingerprint density at radius 1 is 0.980 bits per heavy atom. The van der Waals surface area contributed by atoms with E-state index in [0.717, 1.165) is 31.4 Å². The van der Waals surface area contributed by atoms with E-state index in [-0.39, 0.29) is 31.0 Å². The van der Waals surface area contributed by atoms with Crippen LogP contribution in [0.4, 0.5) is 0 Å². The lowest BCUT2D eigenvalue weighted by Gasteiger charge is -2.25. The lowest BCUT2D eigenvalue weighted by atomic mass is 10.1. The predicted molar refractivity (Wildman–Crippen MR) is 200 cm³/mol. The van der Waals surface area contributed by atoms with E-state index >= 15 is 0 Å². The van der Waals surface area contributed by atoms with Crippen LogP contribution in [0, 0.1) is 6.92 Å². The van der Waals surface area contributed by atoms with Gasteiger partial charge in [-0.05, 0) is 44.4 Å². The molecule has 1 aliphatic heterocycles. The van der Waals surface area contributed by atoms with Crippen LogP contribution < -0.4 is 11.2 Å². The molecule has 1 N–H and O–H groups in total. The van der Waals surface area contributed by atoms with Gasteiger partial charge in [-0.3, -0.25) is 23.4 Å². The quantitative estimate of drug-likeness (QED) is 0.0153. The second-order valence-electron chi connectivity index (χ2n) is 13.4. The van der Waals surface area contributed by atoms with Gasteiger partial charge in [-0.2, -0.15) is 11.8 Å². The minimum atomic E-state index is -4.20. The number of rotatable bonds is 30. The number of phosphoric acid groups is 1. The van der Waals surface area contributed by atoms with E-state index in [9.17, 15) is 14.2 Å². The van der Waals surface area contributed by atoms with Gasteiger partial charge in [0.1, 0.15) is 12.3 Å². The van der Waals surface area contributed by atoms with Crippen molar-refractivity contribution >= 4 is 19.6 Å². The average molecular weight is 746 g/mol. The first kappa shape index (κ1) is 44.5. The molecular weight excluding hydrogens is 681 g/mol. The minimum absolute atomic E-state index is 0.114. The molecule has 0 aliphatic carbocycles. The maximum absolute atomic E-state index is 13.7. The first-order valence-electron chi connectivity index (χ1n) is 19.0. The Bertz CT molecular complexity index is 1280. The van der Waals surface area contributed by atoms with Crippen molar-refractivity contribution in [3.63, 3.8) is 0 Å². The number of unbranched alkanes of at least 4 members (excludes halogenated alkanes) is 13. The predicted octanol–water partition coefficient (Wildman–Crippen LogP) is 10.1. The van der Waals surface area contributed by atoms with Gasteiger partial charge in [-0.25, -0.2) is 14.2 Å². The van der Waals surface area contributed by atoms with Crippen LogP contribution in [0.3, 0.4) is 0 Å². The van der Waals surface area contributed by atoms with E-state index in [4.69, 9.17) is 28.9 Å². The highest BCUT2D eigenvalue weighted by molar-refractivity contribution is 7.99. The third-order valence-corrected chi connectivity index (χ3v) is 11.7. The van der Waals surface area contributed by atoms with Gasteiger partial charge in [-0.1, -0.05) is 116 Å². The normalized spacial score (nSPS) is 20.0. The van der Waals surface area contributed by atoms with Crippen LogP contribution >= 0.6 is 19.6 Å². The minimum Gasteiger partial charge on any atom is -0.352 e. The molecule has 6 atom stereocenters. The first-order chi connectivity index (χ1) is 24.2. The largest absolute Gasteiger partial charge is 0.502 e. The number of hydrogen-bond acceptors (Lipinski definition) is 10. The van der Waals surface area contributed by atoms with Gasteiger partial charge in [0.2, 0.25) is 0 Å². The lowest BCUT2D eigenvalue weighted by molar-refractivity contribution is -0.257. The van der Waals surface area contributed by atoms with E-state index in [1.165, 1.54) is 87.8 Å². The number of aromatic nitrogens is 2. The van der Waals surface area contributed by atoms with Crippen molar-refractivity contribution in [2.24, 2.45) is 5.11 Å². The number of nitrogens with zero attached hydrogens (tertiary/aromatic N) is 4. The van der Waals surface area contributed by atoms with Crippen LogP contribution in [-0.4, -0.2) is 52.0 Å². The van der Waals surface area contributed by atoms with Crippen LogP contribution in [-0.2, 0) is 27.9 Å². The monoisotopic (exact) mass is 745 g/mol. The number of nitrogens with one attached hydrogen (secondary N) is 1. The number of aromatic amines is 1. The number of thioether (sulfide) groups is 1. The molecule has 0 amide bonds. The highest BCUT2D eigenvalue weighted by atomic mass is 32.2. The van der Waals surface area contributed by atoms with Crippen molar-refractivity contribution in [3.8, 4) is 0 Å². The molecule has 13 nitrogen and oxygen atoms in total. The molecule has 0 spiro atoms. The Morgan fingerprint density at radius 2 is 1.60 bits per heavy atom. The molecule has 1 aromatic rings. The third-order valence-electron chi connectivity index (χ3n) is 8.94. The second-order valence-corrected chi connectivity index (χ2v) is 16.3. The molecule has 3 unspecified atom stereocenters. The van der Waals surface area contributed by atoms with Crippen LogP contribution in [0.2, 0.25) is 0 Å². The Labute approximate surface area is 303 Å². The maximum atomic E-state index is 13.7. The Hall–Kier alpha value is -1.63. The van der Waals surface area contributed by atoms with E-state index in [2.05, 4.69) is 28.9 Å². The van der Waals surface area contributed by atoms with Gasteiger partial charge < -0.3 is 4.74 Å². The fourth-order valence-electron chi connectivity index (χ4n) is 5.88. The molecule has 1 saturated heterocycles. The standard InChI is InChI=1S/C35H64N5O8PS/c1-6-9-11-13-14-15-16-17-19-21-24-50-32(22-20-18-12-10-7-2)29(5)47-48-49(43,44-23-8-3)45-27-31-30(38-39-36)25-33(46-31)40-26-28(4)34(41)37-35(40)42/h26,29-33H,6-25,27H2,1-5H3,(H,37,41,42)/t29?,30-,31+,32?,33+,49?/m0/s1. The Morgan fingerprint density at radius 3 is 2.22 bits per heavy atom. The topological polar surface area (TPSA) is 167 Å². The number of phosphoric ester groups is 1. The summed E-state index contributed by atoms with van der Waals surface area (Å²) in [6.07, 6.45) is 19.9. The van der Waals surface area contributed by atoms with Gasteiger partial charge >= 0.3 is 13.5 Å². The summed E-state index contributed by atoms with van der Waals surface area (Å²) >= 11 is 1.89. The van der Waals surface area contributed by atoms with Gasteiger partial charge in [0.05, 0.1) is 25.4 Å². The number of aryl methyl sites for hydroxylation is 1. The number of H-pyrrole nitrogens is 1. The fourth-order valence-corrected chi connectivity index (χ4v) is 8.34. The molecule has 0 radical (unpaired) electrons. The molecule has 50 heavy (non-hydrogen) atoms. The number of azide groups is 1. The highest BCUT2D eigenvalue weighted by Crippen LogP contribution is 2.51. The van der Waals surface area contributed by atoms with Crippen molar-refractivity contribution in [2.75, 3.05) is 19.0 Å². The van der Waals surface area contributed by atoms with Gasteiger partial charge in [0, 0.05) is 28.3 Å². The van der Waals surface area contributed by atoms with Gasteiger partial charge in [0.25, 0.3) is 5.56 Å². The van der Waals surface area contributed by atoms with Crippen molar-refractivity contribution in [1.29, 1.82) is 0 Å². The first-order valence-corrected chi connectivity index (χ1v) is 21.6. The summed E-state index contributed by atoms with van der Waals surface area (Å²) in [7, 11) is -4.20. The molecule has 0 aromatic carbocycles. The molecule has 2 heterocycles. The molecule has 0 bridgehead atoms. The zero-order valence-electron chi connectivity index (χ0n) is 31.2. The molecular formula is C35H64N5O8PS. The number of hydrogen-bond donors (Lipinski definition) is 1. The van der Waals surface area contributed by atoms with Crippen LogP contribution in [0.5, 0.6) is 0 Å². The summed E-state index contributed by atoms with van der Waals surface area (Å²) in [4.78, 5) is 35.3. The van der Waals surface area contributed by atoms with Crippen LogP contribution in [0.15, 0.2) is 20.9 Å². The van der Waals surface area contributed by atoms with Crippen LogP contribution in [0.25, 0.3) is 10.4 Å². The third kappa shape index (κ3) is 17.3. The zero-order chi connectivity index (χ0) is 36.6. The average Bonchev–Trinajstić information content (AvgIpc) is 3.50.